The first-order valence-electron chi connectivity index (χ1n) is 6.81. The number of carbonyl (C=O) groups is 2. The van der Waals surface area contributed by atoms with Crippen LogP contribution in [0.25, 0.3) is 0 Å². The molecule has 0 unspecified atom stereocenters. The molecule has 6 nitrogen and oxygen atoms in total. The number of esters is 2. The Bertz CT molecular complexity index is 542. The lowest BCUT2D eigenvalue weighted by molar-refractivity contribution is -0.162. The van der Waals surface area contributed by atoms with Crippen LogP contribution in [0.2, 0.25) is 0 Å². The predicted octanol–water partition coefficient (Wildman–Crippen LogP) is 0.735. The van der Waals surface area contributed by atoms with Crippen LogP contribution in [-0.2, 0) is 23.8 Å². The average molecular weight is 292 g/mol. The van der Waals surface area contributed by atoms with Gasteiger partial charge in [-0.15, -0.1) is 0 Å². The molecule has 5 atom stereocenters. The van der Waals surface area contributed by atoms with Gasteiger partial charge in [0.2, 0.25) is 0 Å². The van der Waals surface area contributed by atoms with Gasteiger partial charge in [-0.2, -0.15) is 0 Å². The smallest absolute Gasteiger partial charge is 0.309 e. The lowest BCUT2D eigenvalue weighted by Crippen LogP contribution is -2.37. The van der Waals surface area contributed by atoms with Crippen molar-refractivity contribution in [1.29, 1.82) is 0 Å². The molecule has 2 heterocycles. The van der Waals surface area contributed by atoms with E-state index in [1.807, 2.05) is 18.2 Å². The topological polar surface area (TPSA) is 82.1 Å². The fourth-order valence-electron chi connectivity index (χ4n) is 2.84. The highest BCUT2D eigenvalue weighted by Gasteiger charge is 2.54. The minimum atomic E-state index is -1.02. The van der Waals surface area contributed by atoms with Crippen molar-refractivity contribution in [2.45, 2.75) is 43.9 Å². The minimum Gasteiger partial charge on any atom is -0.457 e. The average Bonchev–Trinajstić information content (AvgIpc) is 2.95. The van der Waals surface area contributed by atoms with Crippen LogP contribution in [0.5, 0.6) is 0 Å². The van der Waals surface area contributed by atoms with E-state index in [0.29, 0.717) is 0 Å². The minimum absolute atomic E-state index is 0.111. The maximum absolute atomic E-state index is 11.3. The third-order valence-electron chi connectivity index (χ3n) is 3.73. The van der Waals surface area contributed by atoms with Gasteiger partial charge < -0.3 is 19.3 Å². The van der Waals surface area contributed by atoms with E-state index in [1.165, 1.54) is 6.92 Å². The van der Waals surface area contributed by atoms with Gasteiger partial charge in [0, 0.05) is 6.92 Å². The highest BCUT2D eigenvalue weighted by Crippen LogP contribution is 2.38. The van der Waals surface area contributed by atoms with Crippen molar-refractivity contribution in [2.24, 2.45) is 0 Å². The van der Waals surface area contributed by atoms with Crippen LogP contribution in [0.3, 0.4) is 0 Å². The van der Waals surface area contributed by atoms with E-state index in [-0.39, 0.29) is 12.4 Å². The normalized spacial score (nSPS) is 32.4. The first kappa shape index (κ1) is 14.0. The number of benzene rings is 1. The fourth-order valence-corrected chi connectivity index (χ4v) is 2.84. The van der Waals surface area contributed by atoms with Gasteiger partial charge >= 0.3 is 11.9 Å². The molecule has 3 rings (SSSR count). The lowest BCUT2D eigenvalue weighted by atomic mass is 9.98. The van der Waals surface area contributed by atoms with Gasteiger partial charge in [0.1, 0.15) is 18.3 Å². The Labute approximate surface area is 121 Å². The second kappa shape index (κ2) is 5.46. The molecule has 0 saturated carbocycles. The largest absolute Gasteiger partial charge is 0.457 e. The zero-order valence-electron chi connectivity index (χ0n) is 11.5. The highest BCUT2D eigenvalue weighted by molar-refractivity contribution is 5.73. The summed E-state index contributed by atoms with van der Waals surface area (Å²) in [5.74, 6) is -0.847. The molecule has 1 N–H and O–H groups in total. The van der Waals surface area contributed by atoms with Crippen molar-refractivity contribution in [3.05, 3.63) is 35.9 Å². The number of rotatable bonds is 3. The summed E-state index contributed by atoms with van der Waals surface area (Å²) < 4.78 is 16.1. The summed E-state index contributed by atoms with van der Waals surface area (Å²) in [6.45, 7) is 1.30. The van der Waals surface area contributed by atoms with Crippen molar-refractivity contribution in [3.63, 3.8) is 0 Å². The summed E-state index contributed by atoms with van der Waals surface area (Å²) >= 11 is 0. The molecule has 0 amide bonds. The molecule has 0 bridgehead atoms. The summed E-state index contributed by atoms with van der Waals surface area (Å²) in [5.41, 5.74) is 0.725. The molecule has 2 aliphatic rings. The van der Waals surface area contributed by atoms with Crippen LogP contribution in [0.4, 0.5) is 0 Å². The van der Waals surface area contributed by atoms with E-state index in [4.69, 9.17) is 14.2 Å². The summed E-state index contributed by atoms with van der Waals surface area (Å²) in [6, 6.07) is 9.06. The molecule has 21 heavy (non-hydrogen) atoms. The van der Waals surface area contributed by atoms with Gasteiger partial charge in [-0.05, 0) is 5.56 Å². The Hall–Kier alpha value is -1.92. The van der Waals surface area contributed by atoms with Crippen molar-refractivity contribution in [2.75, 3.05) is 0 Å². The Morgan fingerprint density at radius 2 is 2.10 bits per heavy atom. The summed E-state index contributed by atoms with van der Waals surface area (Å²) in [6.07, 6.45) is -3.57. The predicted molar refractivity (Wildman–Crippen MR) is 70.1 cm³/mol. The van der Waals surface area contributed by atoms with E-state index in [2.05, 4.69) is 0 Å². The van der Waals surface area contributed by atoms with Crippen molar-refractivity contribution in [3.8, 4) is 0 Å². The third kappa shape index (κ3) is 2.64. The highest BCUT2D eigenvalue weighted by atomic mass is 16.6. The van der Waals surface area contributed by atoms with Crippen LogP contribution in [0.15, 0.2) is 30.3 Å². The Kier molecular flexibility index (Phi) is 3.65. The van der Waals surface area contributed by atoms with E-state index in [0.717, 1.165) is 5.56 Å². The summed E-state index contributed by atoms with van der Waals surface area (Å²) in [7, 11) is 0. The Morgan fingerprint density at radius 3 is 2.71 bits per heavy atom. The quantitative estimate of drug-likeness (QED) is 0.827. The molecular formula is C15H16O6. The number of hydrogen-bond donors (Lipinski definition) is 1. The first-order chi connectivity index (χ1) is 10.1. The number of aliphatic hydroxyl groups is 1. The van der Waals surface area contributed by atoms with Crippen LogP contribution in [0.1, 0.15) is 25.0 Å². The molecule has 2 aliphatic heterocycles. The standard InChI is InChI=1S/C15H16O6/c1-8(16)19-13(9-5-3-2-4-6-9)15-12(18)14-10(20-15)7-11(17)21-14/h2-6,10,12-15,18H,7H2,1H3/t10-,12-,13+,14-,15-/m0/s1. The van der Waals surface area contributed by atoms with Gasteiger partial charge in [0.25, 0.3) is 0 Å². The van der Waals surface area contributed by atoms with Crippen LogP contribution < -0.4 is 0 Å². The molecule has 112 valence electrons. The number of carbonyl (C=O) groups excluding carboxylic acids is 2. The Balaban J connectivity index is 1.84. The molecule has 0 spiro atoms. The van der Waals surface area contributed by atoms with Gasteiger partial charge in [-0.1, -0.05) is 30.3 Å². The zero-order chi connectivity index (χ0) is 15.0. The molecule has 1 aromatic rings. The Morgan fingerprint density at radius 1 is 1.38 bits per heavy atom. The van der Waals surface area contributed by atoms with Gasteiger partial charge in [-0.25, -0.2) is 0 Å². The van der Waals surface area contributed by atoms with Crippen molar-refractivity contribution < 1.29 is 28.9 Å². The third-order valence-corrected chi connectivity index (χ3v) is 3.73. The molecule has 0 aliphatic carbocycles. The fraction of sp³-hybridized carbons (Fsp3) is 0.467. The van der Waals surface area contributed by atoms with Gasteiger partial charge in [-0.3, -0.25) is 9.59 Å². The number of ether oxygens (including phenoxy) is 3. The summed E-state index contributed by atoms with van der Waals surface area (Å²) in [5, 5.41) is 10.3. The lowest BCUT2D eigenvalue weighted by Gasteiger charge is -2.26. The molecule has 6 heteroatoms. The summed E-state index contributed by atoms with van der Waals surface area (Å²) in [4.78, 5) is 22.6. The van der Waals surface area contributed by atoms with Crippen LogP contribution in [-0.4, -0.2) is 41.5 Å². The van der Waals surface area contributed by atoms with E-state index in [1.54, 1.807) is 12.1 Å². The second-order valence-electron chi connectivity index (χ2n) is 5.23. The monoisotopic (exact) mass is 292 g/mol. The second-order valence-corrected chi connectivity index (χ2v) is 5.23. The van der Waals surface area contributed by atoms with E-state index >= 15 is 0 Å². The maximum Gasteiger partial charge on any atom is 0.309 e. The van der Waals surface area contributed by atoms with Crippen molar-refractivity contribution in [1.82, 2.24) is 0 Å². The van der Waals surface area contributed by atoms with E-state index in [9.17, 15) is 14.7 Å². The van der Waals surface area contributed by atoms with Crippen molar-refractivity contribution >= 4 is 11.9 Å². The first-order valence-corrected chi connectivity index (χ1v) is 6.81. The SMILES string of the molecule is CC(=O)O[C@H](c1ccccc1)[C@H]1O[C@H]2CC(=O)O[C@@H]2[C@@H]1O. The molecule has 0 radical (unpaired) electrons. The van der Waals surface area contributed by atoms with Gasteiger partial charge in [0.05, 0.1) is 6.42 Å². The zero-order valence-corrected chi connectivity index (χ0v) is 11.5. The molecule has 2 fully saturated rings. The van der Waals surface area contributed by atoms with Gasteiger partial charge in [0.15, 0.2) is 12.2 Å². The molecular weight excluding hydrogens is 276 g/mol. The number of fused-ring (bicyclic) bond motifs is 1. The van der Waals surface area contributed by atoms with Crippen LogP contribution in [0, 0.1) is 0 Å². The van der Waals surface area contributed by atoms with Crippen LogP contribution >= 0.6 is 0 Å². The number of aliphatic hydroxyl groups excluding tert-OH is 1. The van der Waals surface area contributed by atoms with E-state index < -0.39 is 36.5 Å². The maximum atomic E-state index is 11.3. The number of hydrogen-bond acceptors (Lipinski definition) is 6. The molecule has 2 saturated heterocycles. The molecule has 1 aromatic carbocycles. The molecule has 0 aromatic heterocycles.